The number of anilines is 1. The van der Waals surface area contributed by atoms with Crippen molar-refractivity contribution in [3.63, 3.8) is 0 Å². The van der Waals surface area contributed by atoms with Crippen molar-refractivity contribution in [2.45, 2.75) is 26.4 Å². The number of aryl methyl sites for hydroxylation is 1. The molecule has 1 fully saturated rings. The molecule has 0 atom stereocenters. The fourth-order valence-electron chi connectivity index (χ4n) is 3.13. The molecule has 0 aliphatic carbocycles. The topological polar surface area (TPSA) is 73.6 Å². The molecule has 2 aromatic rings. The van der Waals surface area contributed by atoms with Crippen LogP contribution in [0.3, 0.4) is 0 Å². The Bertz CT molecular complexity index is 702. The molecule has 3 heterocycles. The van der Waals surface area contributed by atoms with E-state index in [4.69, 9.17) is 0 Å². The second kappa shape index (κ2) is 10.7. The summed E-state index contributed by atoms with van der Waals surface area (Å²) >= 11 is 0. The van der Waals surface area contributed by atoms with Crippen molar-refractivity contribution in [3.8, 4) is 0 Å². The third-order valence-electron chi connectivity index (χ3n) is 4.82. The van der Waals surface area contributed by atoms with E-state index in [0.717, 1.165) is 69.6 Å². The maximum absolute atomic E-state index is 4.68. The van der Waals surface area contributed by atoms with Gasteiger partial charge in [-0.3, -0.25) is 4.68 Å². The first-order chi connectivity index (χ1) is 13.7. The summed E-state index contributed by atoms with van der Waals surface area (Å²) in [5.41, 5.74) is 1.12. The lowest BCUT2D eigenvalue weighted by atomic mass is 10.2. The molecule has 0 radical (unpaired) electrons. The van der Waals surface area contributed by atoms with E-state index in [0.29, 0.717) is 6.54 Å². The maximum atomic E-state index is 4.68. The van der Waals surface area contributed by atoms with E-state index in [2.05, 4.69) is 61.6 Å². The zero-order chi connectivity index (χ0) is 19.6. The first-order valence-corrected chi connectivity index (χ1v) is 10.1. The van der Waals surface area contributed by atoms with Crippen molar-refractivity contribution in [2.75, 3.05) is 51.2 Å². The summed E-state index contributed by atoms with van der Waals surface area (Å²) in [5.74, 6) is 1.90. The normalized spacial score (nSPS) is 15.6. The summed E-state index contributed by atoms with van der Waals surface area (Å²) in [4.78, 5) is 14.0. The van der Waals surface area contributed by atoms with Crippen LogP contribution in [0.1, 0.15) is 18.9 Å². The molecule has 28 heavy (non-hydrogen) atoms. The minimum absolute atomic E-state index is 0.616. The number of hydrogen-bond acceptors (Lipinski definition) is 5. The van der Waals surface area contributed by atoms with Gasteiger partial charge in [-0.05, 0) is 38.1 Å². The lowest BCUT2D eigenvalue weighted by molar-refractivity contribution is 0.312. The first-order valence-electron chi connectivity index (χ1n) is 10.1. The third kappa shape index (κ3) is 6.23. The molecule has 1 saturated heterocycles. The molecule has 0 aromatic carbocycles. The molecular weight excluding hydrogens is 352 g/mol. The number of pyridine rings is 1. The Kier molecular flexibility index (Phi) is 7.66. The fourth-order valence-corrected chi connectivity index (χ4v) is 3.13. The average molecular weight is 385 g/mol. The molecule has 3 rings (SSSR count). The molecule has 0 unspecified atom stereocenters. The molecular formula is C20H32N8. The van der Waals surface area contributed by atoms with Crippen LogP contribution in [0.15, 0.2) is 41.8 Å². The van der Waals surface area contributed by atoms with Crippen molar-refractivity contribution >= 4 is 11.8 Å². The van der Waals surface area contributed by atoms with Gasteiger partial charge in [-0.2, -0.15) is 5.10 Å². The predicted molar refractivity (Wildman–Crippen MR) is 114 cm³/mol. The highest BCUT2D eigenvalue weighted by Crippen LogP contribution is 2.14. The van der Waals surface area contributed by atoms with Crippen LogP contribution in [-0.4, -0.2) is 71.9 Å². The van der Waals surface area contributed by atoms with Crippen LogP contribution in [0.25, 0.3) is 0 Å². The number of guanidine groups is 1. The Morgan fingerprint density at radius 1 is 1.18 bits per heavy atom. The van der Waals surface area contributed by atoms with E-state index in [1.54, 1.807) is 0 Å². The highest BCUT2D eigenvalue weighted by Gasteiger charge is 2.14. The molecule has 8 heteroatoms. The van der Waals surface area contributed by atoms with Gasteiger partial charge in [0.15, 0.2) is 5.96 Å². The van der Waals surface area contributed by atoms with Gasteiger partial charge in [-0.1, -0.05) is 6.07 Å². The minimum Gasteiger partial charge on any atom is -0.357 e. The summed E-state index contributed by atoms with van der Waals surface area (Å²) < 4.78 is 1.94. The number of piperazine rings is 1. The second-order valence-corrected chi connectivity index (χ2v) is 7.06. The van der Waals surface area contributed by atoms with Gasteiger partial charge in [-0.15, -0.1) is 0 Å². The van der Waals surface area contributed by atoms with E-state index in [-0.39, 0.29) is 0 Å². The first kappa shape index (κ1) is 20.1. The zero-order valence-corrected chi connectivity index (χ0v) is 17.0. The van der Waals surface area contributed by atoms with Crippen molar-refractivity contribution in [1.82, 2.24) is 30.3 Å². The van der Waals surface area contributed by atoms with Gasteiger partial charge in [0, 0.05) is 64.4 Å². The average Bonchev–Trinajstić information content (AvgIpc) is 3.24. The quantitative estimate of drug-likeness (QED) is 0.404. The summed E-state index contributed by atoms with van der Waals surface area (Å²) in [7, 11) is 2.17. The number of aromatic nitrogens is 3. The van der Waals surface area contributed by atoms with Crippen LogP contribution in [0.2, 0.25) is 0 Å². The highest BCUT2D eigenvalue weighted by molar-refractivity contribution is 5.79. The van der Waals surface area contributed by atoms with Crippen LogP contribution in [0, 0.1) is 0 Å². The Hall–Kier alpha value is -2.61. The third-order valence-corrected chi connectivity index (χ3v) is 4.82. The largest absolute Gasteiger partial charge is 0.357 e. The van der Waals surface area contributed by atoms with E-state index in [1.165, 1.54) is 0 Å². The van der Waals surface area contributed by atoms with Gasteiger partial charge in [0.2, 0.25) is 0 Å². The Morgan fingerprint density at radius 2 is 2.04 bits per heavy atom. The monoisotopic (exact) mass is 384 g/mol. The van der Waals surface area contributed by atoms with Crippen molar-refractivity contribution < 1.29 is 0 Å². The summed E-state index contributed by atoms with van der Waals surface area (Å²) in [5, 5.41) is 10.9. The molecule has 1 aliphatic rings. The smallest absolute Gasteiger partial charge is 0.191 e. The van der Waals surface area contributed by atoms with E-state index in [1.807, 2.05) is 29.3 Å². The minimum atomic E-state index is 0.616. The van der Waals surface area contributed by atoms with E-state index >= 15 is 0 Å². The maximum Gasteiger partial charge on any atom is 0.191 e. The summed E-state index contributed by atoms with van der Waals surface area (Å²) in [6, 6.07) is 6.19. The van der Waals surface area contributed by atoms with Crippen LogP contribution in [-0.2, 0) is 13.1 Å². The van der Waals surface area contributed by atoms with Crippen LogP contribution in [0.4, 0.5) is 5.82 Å². The predicted octanol–water partition coefficient (Wildman–Crippen LogP) is 1.18. The Morgan fingerprint density at radius 3 is 2.71 bits per heavy atom. The molecule has 2 N–H and O–H groups in total. The zero-order valence-electron chi connectivity index (χ0n) is 17.0. The van der Waals surface area contributed by atoms with E-state index in [9.17, 15) is 0 Å². The van der Waals surface area contributed by atoms with Crippen LogP contribution >= 0.6 is 0 Å². The van der Waals surface area contributed by atoms with Crippen LogP contribution < -0.4 is 15.5 Å². The Labute approximate surface area is 167 Å². The summed E-state index contributed by atoms with van der Waals surface area (Å²) in [6.45, 7) is 9.53. The highest BCUT2D eigenvalue weighted by atomic mass is 15.3. The number of aliphatic imine (C=N–C) groups is 1. The van der Waals surface area contributed by atoms with E-state index < -0.39 is 0 Å². The van der Waals surface area contributed by atoms with Gasteiger partial charge in [0.1, 0.15) is 5.82 Å². The van der Waals surface area contributed by atoms with Crippen LogP contribution in [0.5, 0.6) is 0 Å². The summed E-state index contributed by atoms with van der Waals surface area (Å²) in [6.07, 6.45) is 6.73. The molecule has 152 valence electrons. The van der Waals surface area contributed by atoms with Crippen molar-refractivity contribution in [2.24, 2.45) is 4.99 Å². The molecule has 1 aliphatic heterocycles. The Balaban J connectivity index is 1.46. The molecule has 0 bridgehead atoms. The molecule has 0 saturated carbocycles. The van der Waals surface area contributed by atoms with Crippen molar-refractivity contribution in [3.05, 3.63) is 42.4 Å². The van der Waals surface area contributed by atoms with Gasteiger partial charge in [0.05, 0.1) is 6.54 Å². The van der Waals surface area contributed by atoms with Gasteiger partial charge >= 0.3 is 0 Å². The number of likely N-dealkylation sites (N-methyl/N-ethyl adjacent to an activating group) is 1. The SMILES string of the molecule is CCNC(=NCc1ccc(N2CCN(C)CC2)nc1)NCCCn1cccn1. The second-order valence-electron chi connectivity index (χ2n) is 7.06. The number of rotatable bonds is 8. The molecule has 0 amide bonds. The van der Waals surface area contributed by atoms with Gasteiger partial charge in [-0.25, -0.2) is 9.98 Å². The number of nitrogens with zero attached hydrogens (tertiary/aromatic N) is 6. The molecule has 8 nitrogen and oxygen atoms in total. The lowest BCUT2D eigenvalue weighted by Crippen LogP contribution is -2.44. The molecule has 2 aromatic heterocycles. The van der Waals surface area contributed by atoms with Crippen molar-refractivity contribution in [1.29, 1.82) is 0 Å². The fraction of sp³-hybridized carbons (Fsp3) is 0.550. The molecule has 0 spiro atoms. The van der Waals surface area contributed by atoms with Gasteiger partial charge in [0.25, 0.3) is 0 Å². The number of hydrogen-bond donors (Lipinski definition) is 2. The van der Waals surface area contributed by atoms with Gasteiger partial charge < -0.3 is 20.4 Å². The lowest BCUT2D eigenvalue weighted by Gasteiger charge is -2.33. The number of nitrogens with one attached hydrogen (secondary N) is 2. The standard InChI is InChI=1S/C20H32N8/c1-3-21-20(22-8-4-10-28-11-5-9-25-28)24-17-18-6-7-19(23-16-18)27-14-12-26(2)13-15-27/h5-7,9,11,16H,3-4,8,10,12-15,17H2,1-2H3,(H2,21,22,24).